The van der Waals surface area contributed by atoms with Gasteiger partial charge in [0, 0.05) is 30.8 Å². The number of benzene rings is 2. The van der Waals surface area contributed by atoms with Gasteiger partial charge in [-0.1, -0.05) is 30.3 Å². The Morgan fingerprint density at radius 3 is 2.46 bits per heavy atom. The average Bonchev–Trinajstić information content (AvgIpc) is 2.99. The molecule has 2 heterocycles. The zero-order chi connectivity index (χ0) is 18.1. The van der Waals surface area contributed by atoms with Gasteiger partial charge in [0.15, 0.2) is 5.78 Å². The molecule has 0 fully saturated rings. The van der Waals surface area contributed by atoms with E-state index in [4.69, 9.17) is 0 Å². The molecule has 2 aromatic rings. The van der Waals surface area contributed by atoms with Gasteiger partial charge in [-0.2, -0.15) is 0 Å². The maximum Gasteiger partial charge on any atom is 0.229 e. The van der Waals surface area contributed by atoms with Crippen molar-refractivity contribution in [3.05, 3.63) is 66.0 Å². The van der Waals surface area contributed by atoms with Crippen LogP contribution in [0.1, 0.15) is 19.8 Å². The van der Waals surface area contributed by atoms with Crippen molar-refractivity contribution >= 4 is 28.8 Å². The fourth-order valence-electron chi connectivity index (χ4n) is 3.72. The van der Waals surface area contributed by atoms with Gasteiger partial charge in [0.1, 0.15) is 5.82 Å². The Kier molecular flexibility index (Phi) is 4.21. The lowest BCUT2D eigenvalue weighted by molar-refractivity contribution is -0.119. The Labute approximate surface area is 152 Å². The van der Waals surface area contributed by atoms with Crippen molar-refractivity contribution < 1.29 is 9.59 Å². The van der Waals surface area contributed by atoms with E-state index in [2.05, 4.69) is 34.2 Å². The van der Waals surface area contributed by atoms with Gasteiger partial charge in [-0.3, -0.25) is 9.59 Å². The molecule has 2 aliphatic heterocycles. The van der Waals surface area contributed by atoms with Crippen LogP contribution in [-0.4, -0.2) is 24.8 Å². The summed E-state index contributed by atoms with van der Waals surface area (Å²) in [6.07, 6.45) is 0.521. The first kappa shape index (κ1) is 16.4. The Balaban J connectivity index is 1.67. The van der Waals surface area contributed by atoms with E-state index in [1.54, 1.807) is 0 Å². The Morgan fingerprint density at radius 1 is 1.04 bits per heavy atom. The van der Waals surface area contributed by atoms with Crippen LogP contribution in [0.25, 0.3) is 0 Å². The molecule has 0 unspecified atom stereocenters. The number of Topliss-reactive ketones (excluding diaryl/α,β-unsaturated/α-hetero) is 1. The predicted molar refractivity (Wildman–Crippen MR) is 103 cm³/mol. The number of hydrogen-bond acceptors (Lipinski definition) is 4. The topological polar surface area (TPSA) is 52.7 Å². The SMILES string of the molecule is CCN1C2=C(CC(=O)Nc3ccccc3)C(=O)CCN2c2ccccc21. The summed E-state index contributed by atoms with van der Waals surface area (Å²) in [7, 11) is 0. The summed E-state index contributed by atoms with van der Waals surface area (Å²) >= 11 is 0. The number of nitrogens with one attached hydrogen (secondary N) is 1. The number of anilines is 3. The molecule has 132 valence electrons. The minimum absolute atomic E-state index is 0.0608. The summed E-state index contributed by atoms with van der Waals surface area (Å²) in [4.78, 5) is 29.5. The molecular weight excluding hydrogens is 326 g/mol. The second-order valence-corrected chi connectivity index (χ2v) is 6.45. The first-order valence-corrected chi connectivity index (χ1v) is 8.94. The van der Waals surface area contributed by atoms with E-state index in [9.17, 15) is 9.59 Å². The van der Waals surface area contributed by atoms with Crippen molar-refractivity contribution in [1.29, 1.82) is 0 Å². The highest BCUT2D eigenvalue weighted by Gasteiger charge is 2.38. The van der Waals surface area contributed by atoms with E-state index in [1.165, 1.54) is 0 Å². The van der Waals surface area contributed by atoms with Crippen LogP contribution in [0.2, 0.25) is 0 Å². The molecule has 0 bridgehead atoms. The molecule has 26 heavy (non-hydrogen) atoms. The van der Waals surface area contributed by atoms with Crippen LogP contribution in [0.4, 0.5) is 17.1 Å². The largest absolute Gasteiger partial charge is 0.326 e. The monoisotopic (exact) mass is 347 g/mol. The zero-order valence-corrected chi connectivity index (χ0v) is 14.7. The van der Waals surface area contributed by atoms with Gasteiger partial charge in [0.05, 0.1) is 17.8 Å². The maximum absolute atomic E-state index is 12.6. The van der Waals surface area contributed by atoms with Gasteiger partial charge < -0.3 is 15.1 Å². The molecule has 4 rings (SSSR count). The van der Waals surface area contributed by atoms with Crippen LogP contribution in [-0.2, 0) is 9.59 Å². The molecule has 0 radical (unpaired) electrons. The summed E-state index contributed by atoms with van der Waals surface area (Å²) in [5.74, 6) is 0.764. The first-order chi connectivity index (χ1) is 12.7. The van der Waals surface area contributed by atoms with Crippen LogP contribution >= 0.6 is 0 Å². The highest BCUT2D eigenvalue weighted by Crippen LogP contribution is 2.44. The van der Waals surface area contributed by atoms with Crippen molar-refractivity contribution in [2.45, 2.75) is 19.8 Å². The third kappa shape index (κ3) is 2.75. The third-order valence-corrected chi connectivity index (χ3v) is 4.85. The van der Waals surface area contributed by atoms with Gasteiger partial charge in [0.25, 0.3) is 0 Å². The Hall–Kier alpha value is -3.08. The molecule has 0 saturated carbocycles. The quantitative estimate of drug-likeness (QED) is 0.919. The lowest BCUT2D eigenvalue weighted by atomic mass is 10.00. The molecule has 5 heteroatoms. The van der Waals surface area contributed by atoms with Gasteiger partial charge in [-0.05, 0) is 31.2 Å². The van der Waals surface area contributed by atoms with Crippen molar-refractivity contribution in [3.63, 3.8) is 0 Å². The van der Waals surface area contributed by atoms with E-state index < -0.39 is 0 Å². The molecule has 0 aliphatic carbocycles. The van der Waals surface area contributed by atoms with Crippen LogP contribution in [0, 0.1) is 0 Å². The fourth-order valence-corrected chi connectivity index (χ4v) is 3.72. The van der Waals surface area contributed by atoms with E-state index in [0.717, 1.165) is 29.4 Å². The zero-order valence-electron chi connectivity index (χ0n) is 14.7. The molecule has 2 aromatic carbocycles. The highest BCUT2D eigenvalue weighted by molar-refractivity contribution is 6.07. The van der Waals surface area contributed by atoms with Gasteiger partial charge >= 0.3 is 0 Å². The standard InChI is InChI=1S/C21H21N3O2/c1-2-23-17-10-6-7-11-18(17)24-13-12-19(25)16(21(23)24)14-20(26)22-15-8-4-3-5-9-15/h3-11H,2,12-14H2,1H3,(H,22,26). The Bertz CT molecular complexity index is 874. The van der Waals surface area contributed by atoms with Gasteiger partial charge in [-0.15, -0.1) is 0 Å². The number of rotatable bonds is 4. The average molecular weight is 347 g/mol. The van der Waals surface area contributed by atoms with Gasteiger partial charge in [0.2, 0.25) is 5.91 Å². The smallest absolute Gasteiger partial charge is 0.229 e. The summed E-state index contributed by atoms with van der Waals surface area (Å²) in [6.45, 7) is 3.47. The molecule has 0 aromatic heterocycles. The number of carbonyl (C=O) groups excluding carboxylic acids is 2. The molecule has 1 amide bonds. The molecule has 1 N–H and O–H groups in total. The number of carbonyl (C=O) groups is 2. The summed E-state index contributed by atoms with van der Waals surface area (Å²) in [5.41, 5.74) is 3.55. The highest BCUT2D eigenvalue weighted by atomic mass is 16.2. The second kappa shape index (κ2) is 6.67. The molecule has 2 aliphatic rings. The summed E-state index contributed by atoms with van der Waals surface area (Å²) in [6, 6.07) is 17.5. The van der Waals surface area contributed by atoms with Crippen molar-refractivity contribution in [1.82, 2.24) is 0 Å². The summed E-state index contributed by atoms with van der Waals surface area (Å²) in [5, 5.41) is 2.88. The molecule has 5 nitrogen and oxygen atoms in total. The van der Waals surface area contributed by atoms with Crippen molar-refractivity contribution in [2.24, 2.45) is 0 Å². The number of ketones is 1. The number of amides is 1. The molecule has 0 atom stereocenters. The maximum atomic E-state index is 12.6. The number of fused-ring (bicyclic) bond motifs is 3. The van der Waals surface area contributed by atoms with E-state index in [-0.39, 0.29) is 18.1 Å². The van der Waals surface area contributed by atoms with E-state index in [1.807, 2.05) is 42.5 Å². The van der Waals surface area contributed by atoms with Crippen LogP contribution in [0.5, 0.6) is 0 Å². The minimum Gasteiger partial charge on any atom is -0.326 e. The minimum atomic E-state index is -0.166. The Morgan fingerprint density at radius 2 is 1.73 bits per heavy atom. The van der Waals surface area contributed by atoms with Gasteiger partial charge in [-0.25, -0.2) is 0 Å². The number of para-hydroxylation sites is 3. The molecule has 0 saturated heterocycles. The lowest BCUT2D eigenvalue weighted by Crippen LogP contribution is -2.38. The molecular formula is C21H21N3O2. The van der Waals surface area contributed by atoms with Crippen molar-refractivity contribution in [2.75, 3.05) is 28.2 Å². The fraction of sp³-hybridized carbons (Fsp3) is 0.238. The molecule has 0 spiro atoms. The number of hydrogen-bond donors (Lipinski definition) is 1. The number of nitrogens with zero attached hydrogens (tertiary/aromatic N) is 2. The third-order valence-electron chi connectivity index (χ3n) is 4.85. The normalized spacial score (nSPS) is 15.8. The van der Waals surface area contributed by atoms with E-state index >= 15 is 0 Å². The van der Waals surface area contributed by atoms with Crippen LogP contribution in [0.3, 0.4) is 0 Å². The predicted octanol–water partition coefficient (Wildman–Crippen LogP) is 3.55. The van der Waals surface area contributed by atoms with Crippen LogP contribution in [0.15, 0.2) is 66.0 Å². The van der Waals surface area contributed by atoms with Crippen molar-refractivity contribution in [3.8, 4) is 0 Å². The van der Waals surface area contributed by atoms with Crippen LogP contribution < -0.4 is 15.1 Å². The lowest BCUT2D eigenvalue weighted by Gasteiger charge is -2.31. The first-order valence-electron chi connectivity index (χ1n) is 8.94. The summed E-state index contributed by atoms with van der Waals surface area (Å²) < 4.78 is 0. The van der Waals surface area contributed by atoms with E-state index in [0.29, 0.717) is 18.5 Å². The second-order valence-electron chi connectivity index (χ2n) is 6.45.